The molecule has 2 aromatic rings. The number of ether oxygens (including phenoxy) is 1. The molecule has 2 aromatic heterocycles. The van der Waals surface area contributed by atoms with Gasteiger partial charge in [0, 0.05) is 36.3 Å². The summed E-state index contributed by atoms with van der Waals surface area (Å²) in [6.45, 7) is 4.02. The van der Waals surface area contributed by atoms with Crippen LogP contribution in [-0.2, 0) is 4.74 Å². The van der Waals surface area contributed by atoms with Crippen LogP contribution in [0.2, 0.25) is 0 Å². The summed E-state index contributed by atoms with van der Waals surface area (Å²) in [5, 5.41) is 16.5. The molecule has 1 atom stereocenters. The molecule has 0 saturated carbocycles. The van der Waals surface area contributed by atoms with Crippen LogP contribution < -0.4 is 5.32 Å². The minimum atomic E-state index is -0.361. The molecular weight excluding hydrogens is 350 g/mol. The summed E-state index contributed by atoms with van der Waals surface area (Å²) in [6.07, 6.45) is 2.78. The molecule has 2 aliphatic rings. The average Bonchev–Trinajstić information content (AvgIpc) is 3.29. The van der Waals surface area contributed by atoms with Crippen molar-refractivity contribution in [1.29, 1.82) is 0 Å². The number of thioether (sulfide) groups is 1. The first-order valence-electron chi connectivity index (χ1n) is 7.94. The Labute approximate surface area is 147 Å². The summed E-state index contributed by atoms with van der Waals surface area (Å²) in [5.74, 6) is 2.56. The molecule has 0 radical (unpaired) electrons. The molecule has 2 fully saturated rings. The number of nitrogens with one attached hydrogen (secondary N) is 1. The van der Waals surface area contributed by atoms with Gasteiger partial charge in [0.05, 0.1) is 13.2 Å². The fourth-order valence-electron chi connectivity index (χ4n) is 3.45. The zero-order valence-electron chi connectivity index (χ0n) is 13.1. The van der Waals surface area contributed by atoms with Crippen LogP contribution in [-0.4, -0.2) is 69.1 Å². The summed E-state index contributed by atoms with van der Waals surface area (Å²) < 4.78 is 7.01. The van der Waals surface area contributed by atoms with Gasteiger partial charge in [0.2, 0.25) is 5.82 Å². The number of anilines is 1. The number of aromatic nitrogens is 2. The highest BCUT2D eigenvalue weighted by Crippen LogP contribution is 2.35. The normalized spacial score (nSPS) is 25.3. The van der Waals surface area contributed by atoms with E-state index in [4.69, 9.17) is 4.74 Å². The van der Waals surface area contributed by atoms with Gasteiger partial charge in [-0.05, 0) is 17.1 Å². The Hall–Kier alpha value is -1.36. The maximum Gasteiger partial charge on any atom is 0.372 e. The number of rotatable bonds is 5. The third-order valence-corrected chi connectivity index (χ3v) is 6.75. The van der Waals surface area contributed by atoms with Crippen LogP contribution in [0.25, 0.3) is 4.96 Å². The Kier molecular flexibility index (Phi) is 4.37. The second-order valence-electron chi connectivity index (χ2n) is 6.08. The van der Waals surface area contributed by atoms with Gasteiger partial charge in [-0.2, -0.15) is 21.1 Å². The second-order valence-corrected chi connectivity index (χ2v) is 8.05. The maximum absolute atomic E-state index is 11.5. The molecule has 4 heterocycles. The van der Waals surface area contributed by atoms with Crippen molar-refractivity contribution in [1.82, 2.24) is 14.3 Å². The topological polar surface area (TPSA) is 84.9 Å². The Morgan fingerprint density at radius 1 is 1.46 bits per heavy atom. The predicted molar refractivity (Wildman–Crippen MR) is 95.3 cm³/mol. The maximum atomic E-state index is 11.5. The van der Waals surface area contributed by atoms with Gasteiger partial charge in [-0.15, -0.1) is 0 Å². The summed E-state index contributed by atoms with van der Waals surface area (Å²) in [5.41, 5.74) is 0.0271. The van der Waals surface area contributed by atoms with Crippen molar-refractivity contribution < 1.29 is 9.66 Å². The Morgan fingerprint density at radius 3 is 3.00 bits per heavy atom. The molecule has 130 valence electrons. The van der Waals surface area contributed by atoms with Gasteiger partial charge < -0.3 is 20.2 Å². The van der Waals surface area contributed by atoms with E-state index in [2.05, 4.69) is 15.2 Å². The third kappa shape index (κ3) is 2.77. The first-order chi connectivity index (χ1) is 11.7. The van der Waals surface area contributed by atoms with E-state index < -0.39 is 0 Å². The fraction of sp³-hybridized carbons (Fsp3) is 0.643. The lowest BCUT2D eigenvalue weighted by atomic mass is 9.95. The van der Waals surface area contributed by atoms with Crippen molar-refractivity contribution in [3.8, 4) is 0 Å². The van der Waals surface area contributed by atoms with Gasteiger partial charge in [0.1, 0.15) is 6.20 Å². The molecule has 8 nitrogen and oxygen atoms in total. The first-order valence-corrected chi connectivity index (χ1v) is 9.97. The van der Waals surface area contributed by atoms with Gasteiger partial charge in [-0.3, -0.25) is 4.90 Å². The van der Waals surface area contributed by atoms with E-state index in [9.17, 15) is 10.1 Å². The Morgan fingerprint density at radius 2 is 2.29 bits per heavy atom. The van der Waals surface area contributed by atoms with Crippen molar-refractivity contribution >= 4 is 39.7 Å². The highest BCUT2D eigenvalue weighted by molar-refractivity contribution is 7.99. The predicted octanol–water partition coefficient (Wildman–Crippen LogP) is 1.92. The van der Waals surface area contributed by atoms with E-state index >= 15 is 0 Å². The molecule has 2 aliphatic heterocycles. The lowest BCUT2D eigenvalue weighted by molar-refractivity contribution is -0.389. The van der Waals surface area contributed by atoms with Crippen molar-refractivity contribution in [2.24, 2.45) is 0 Å². The van der Waals surface area contributed by atoms with Gasteiger partial charge in [0.25, 0.3) is 4.96 Å². The number of hydrogen-bond acceptors (Lipinski definition) is 8. The largest absolute Gasteiger partial charge is 0.379 e. The molecule has 0 aliphatic carbocycles. The van der Waals surface area contributed by atoms with Crippen molar-refractivity contribution in [2.75, 3.05) is 49.7 Å². The molecular formula is C14H19N5O3S2. The average molecular weight is 369 g/mol. The number of nitrogens with zero attached hydrogens (tertiary/aromatic N) is 4. The lowest BCUT2D eigenvalue weighted by Crippen LogP contribution is -2.57. The number of imidazole rings is 1. The van der Waals surface area contributed by atoms with Crippen LogP contribution in [0.3, 0.4) is 0 Å². The van der Waals surface area contributed by atoms with Crippen LogP contribution in [0.15, 0.2) is 11.6 Å². The molecule has 0 spiro atoms. The Bertz CT molecular complexity index is 734. The van der Waals surface area contributed by atoms with Gasteiger partial charge >= 0.3 is 5.82 Å². The number of thiazole rings is 1. The molecule has 24 heavy (non-hydrogen) atoms. The molecule has 10 heteroatoms. The van der Waals surface area contributed by atoms with Crippen LogP contribution in [0.4, 0.5) is 11.6 Å². The zero-order chi connectivity index (χ0) is 16.6. The fourth-order valence-corrected chi connectivity index (χ4v) is 5.64. The minimum Gasteiger partial charge on any atom is -0.379 e. The van der Waals surface area contributed by atoms with Crippen LogP contribution in [0.1, 0.15) is 6.42 Å². The smallest absolute Gasteiger partial charge is 0.372 e. The second kappa shape index (κ2) is 6.51. The molecule has 0 bridgehead atoms. The zero-order valence-corrected chi connectivity index (χ0v) is 14.8. The summed E-state index contributed by atoms with van der Waals surface area (Å²) >= 11 is 3.35. The minimum absolute atomic E-state index is 0.0222. The highest BCUT2D eigenvalue weighted by Gasteiger charge is 2.41. The van der Waals surface area contributed by atoms with E-state index in [0.29, 0.717) is 17.3 Å². The number of fused-ring (bicyclic) bond motifs is 1. The van der Waals surface area contributed by atoms with Crippen LogP contribution >= 0.6 is 23.1 Å². The molecule has 0 amide bonds. The standard InChI is InChI=1S/C14H19N5O3S2/c20-19(21)12-11(16-13-18(12)4-8-24-13)15-9-14(1-7-23-10-14)17-2-5-22-6-3-17/h4,8,15H,1-3,5-7,9-10H2. The summed E-state index contributed by atoms with van der Waals surface area (Å²) in [7, 11) is 0. The van der Waals surface area contributed by atoms with Gasteiger partial charge in [-0.1, -0.05) is 11.3 Å². The van der Waals surface area contributed by atoms with Crippen molar-refractivity contribution in [3.05, 3.63) is 21.7 Å². The first kappa shape index (κ1) is 16.1. The van der Waals surface area contributed by atoms with E-state index in [1.54, 1.807) is 6.20 Å². The quantitative estimate of drug-likeness (QED) is 0.637. The Balaban J connectivity index is 1.57. The van der Waals surface area contributed by atoms with E-state index in [1.165, 1.54) is 15.7 Å². The molecule has 0 aromatic carbocycles. The monoisotopic (exact) mass is 369 g/mol. The lowest BCUT2D eigenvalue weighted by Gasteiger charge is -2.43. The summed E-state index contributed by atoms with van der Waals surface area (Å²) in [4.78, 5) is 18.6. The van der Waals surface area contributed by atoms with Crippen LogP contribution in [0, 0.1) is 10.1 Å². The van der Waals surface area contributed by atoms with Gasteiger partial charge in [-0.25, -0.2) is 0 Å². The summed E-state index contributed by atoms with van der Waals surface area (Å²) in [6, 6.07) is 0. The van der Waals surface area contributed by atoms with Crippen LogP contribution in [0.5, 0.6) is 0 Å². The highest BCUT2D eigenvalue weighted by atomic mass is 32.2. The molecule has 2 saturated heterocycles. The molecule has 1 N–H and O–H groups in total. The number of morpholine rings is 1. The number of nitro groups is 1. The molecule has 1 unspecified atom stereocenters. The van der Waals surface area contributed by atoms with E-state index in [1.807, 2.05) is 17.1 Å². The SMILES string of the molecule is O=[N+]([O-])c1c(NCC2(N3CCOCC3)CCSC2)nc2sccn12. The van der Waals surface area contributed by atoms with Gasteiger partial charge in [0.15, 0.2) is 0 Å². The van der Waals surface area contributed by atoms with Crippen molar-refractivity contribution in [2.45, 2.75) is 12.0 Å². The van der Waals surface area contributed by atoms with E-state index in [0.717, 1.165) is 44.2 Å². The van der Waals surface area contributed by atoms with E-state index in [-0.39, 0.29) is 16.3 Å². The number of hydrogen-bond donors (Lipinski definition) is 1. The molecule has 4 rings (SSSR count). The third-order valence-electron chi connectivity index (χ3n) is 4.76. The van der Waals surface area contributed by atoms with Crippen molar-refractivity contribution in [3.63, 3.8) is 0 Å².